The van der Waals surface area contributed by atoms with Gasteiger partial charge < -0.3 is 5.32 Å². The highest BCUT2D eigenvalue weighted by molar-refractivity contribution is 9.11. The molecule has 0 fully saturated rings. The summed E-state index contributed by atoms with van der Waals surface area (Å²) >= 11 is 3.13. The molecule has 0 saturated carbocycles. The van der Waals surface area contributed by atoms with Crippen molar-refractivity contribution in [2.75, 3.05) is 6.54 Å². The Kier molecular flexibility index (Phi) is 3.04. The molecule has 1 rings (SSSR count). The molecular weight excluding hydrogens is 222 g/mol. The van der Waals surface area contributed by atoms with Crippen molar-refractivity contribution in [2.24, 2.45) is 0 Å². The number of carbonyl (C=O) groups is 1. The van der Waals surface area contributed by atoms with Crippen LogP contribution in [0, 0.1) is 0 Å². The van der Waals surface area contributed by atoms with Gasteiger partial charge in [-0.15, -0.1) is 0 Å². The fourth-order valence-electron chi connectivity index (χ4n) is 0.653. The van der Waals surface area contributed by atoms with E-state index in [4.69, 9.17) is 0 Å². The van der Waals surface area contributed by atoms with Crippen LogP contribution >= 0.6 is 15.9 Å². The van der Waals surface area contributed by atoms with Gasteiger partial charge in [0, 0.05) is 17.2 Å². The van der Waals surface area contributed by atoms with Gasteiger partial charge in [0.05, 0.1) is 11.8 Å². The Bertz CT molecular complexity index is 281. The molecule has 1 amide bonds. The first-order chi connectivity index (χ1) is 5.70. The van der Waals surface area contributed by atoms with Crippen molar-refractivity contribution >= 4 is 21.8 Å². The van der Waals surface area contributed by atoms with Crippen molar-refractivity contribution in [3.8, 4) is 0 Å². The molecule has 5 heteroatoms. The molecular formula is C7H8BrN3O. The number of nitrogens with one attached hydrogen (secondary N) is 2. The molecule has 1 aromatic heterocycles. The largest absolute Gasteiger partial charge is 0.347 e. The summed E-state index contributed by atoms with van der Waals surface area (Å²) < 4.78 is 0.736. The van der Waals surface area contributed by atoms with Crippen LogP contribution in [0.2, 0.25) is 0 Å². The van der Waals surface area contributed by atoms with E-state index < -0.39 is 0 Å². The summed E-state index contributed by atoms with van der Waals surface area (Å²) in [5.74, 6) is -0.163. The number of halogens is 1. The molecule has 0 unspecified atom stereocenters. The number of hydrogen-bond donors (Lipinski definition) is 2. The number of H-pyrrole nitrogens is 1. The molecule has 0 aliphatic carbocycles. The lowest BCUT2D eigenvalue weighted by molar-refractivity contribution is 0.0958. The van der Waals surface area contributed by atoms with Gasteiger partial charge in [0.2, 0.25) is 0 Å². The summed E-state index contributed by atoms with van der Waals surface area (Å²) in [5, 5.41) is 8.84. The zero-order valence-electron chi connectivity index (χ0n) is 6.30. The molecule has 0 spiro atoms. The van der Waals surface area contributed by atoms with Crippen molar-refractivity contribution in [3.05, 3.63) is 29.0 Å². The Labute approximate surface area is 78.2 Å². The van der Waals surface area contributed by atoms with Crippen molar-refractivity contribution in [2.45, 2.75) is 0 Å². The van der Waals surface area contributed by atoms with Gasteiger partial charge in [-0.05, 0) is 0 Å². The van der Waals surface area contributed by atoms with Gasteiger partial charge in [-0.3, -0.25) is 9.89 Å². The monoisotopic (exact) mass is 229 g/mol. The van der Waals surface area contributed by atoms with E-state index in [1.165, 1.54) is 12.4 Å². The summed E-state index contributed by atoms with van der Waals surface area (Å²) in [4.78, 5) is 11.2. The highest BCUT2D eigenvalue weighted by atomic mass is 79.9. The van der Waals surface area contributed by atoms with Crippen LogP contribution < -0.4 is 5.32 Å². The number of aromatic amines is 1. The van der Waals surface area contributed by atoms with Gasteiger partial charge in [0.15, 0.2) is 0 Å². The maximum absolute atomic E-state index is 11.2. The average molecular weight is 230 g/mol. The van der Waals surface area contributed by atoms with E-state index in [0.29, 0.717) is 12.1 Å². The van der Waals surface area contributed by atoms with Crippen LogP contribution in [0.25, 0.3) is 0 Å². The second-order valence-electron chi connectivity index (χ2n) is 2.19. The second-order valence-corrected chi connectivity index (χ2v) is 3.31. The predicted octanol–water partition coefficient (Wildman–Crippen LogP) is 1.05. The second kappa shape index (κ2) is 4.06. The van der Waals surface area contributed by atoms with Crippen LogP contribution in [0.5, 0.6) is 0 Å². The first-order valence-electron chi connectivity index (χ1n) is 3.30. The van der Waals surface area contributed by atoms with Crippen molar-refractivity contribution in [1.82, 2.24) is 15.5 Å². The van der Waals surface area contributed by atoms with E-state index >= 15 is 0 Å². The van der Waals surface area contributed by atoms with E-state index in [1.807, 2.05) is 0 Å². The minimum absolute atomic E-state index is 0.163. The third kappa shape index (κ3) is 2.50. The van der Waals surface area contributed by atoms with Crippen LogP contribution in [0.3, 0.4) is 0 Å². The summed E-state index contributed by atoms with van der Waals surface area (Å²) in [7, 11) is 0. The molecule has 0 aliphatic rings. The molecule has 64 valence electrons. The SMILES string of the molecule is C=C(Br)CNC(=O)c1cn[nH]c1. The van der Waals surface area contributed by atoms with Gasteiger partial charge >= 0.3 is 0 Å². The Hall–Kier alpha value is -1.10. The normalized spacial score (nSPS) is 9.42. The third-order valence-corrected chi connectivity index (χ3v) is 1.48. The first kappa shape index (κ1) is 8.99. The van der Waals surface area contributed by atoms with Crippen LogP contribution in [-0.2, 0) is 0 Å². The lowest BCUT2D eigenvalue weighted by Crippen LogP contribution is -2.23. The van der Waals surface area contributed by atoms with E-state index in [0.717, 1.165) is 4.48 Å². The van der Waals surface area contributed by atoms with Crippen molar-refractivity contribution < 1.29 is 4.79 Å². The van der Waals surface area contributed by atoms with Crippen molar-refractivity contribution in [3.63, 3.8) is 0 Å². The molecule has 0 saturated heterocycles. The van der Waals surface area contributed by atoms with Crippen LogP contribution in [-0.4, -0.2) is 22.6 Å². The predicted molar refractivity (Wildman–Crippen MR) is 49.0 cm³/mol. The number of rotatable bonds is 3. The quantitative estimate of drug-likeness (QED) is 0.815. The zero-order chi connectivity index (χ0) is 8.97. The molecule has 1 aromatic rings. The summed E-state index contributed by atoms with van der Waals surface area (Å²) in [5.41, 5.74) is 0.517. The lowest BCUT2D eigenvalue weighted by Gasteiger charge is -1.99. The number of carbonyl (C=O) groups excluding carboxylic acids is 1. The Balaban J connectivity index is 2.45. The van der Waals surface area contributed by atoms with E-state index in [1.54, 1.807) is 0 Å². The van der Waals surface area contributed by atoms with Gasteiger partial charge in [-0.25, -0.2) is 0 Å². The molecule has 0 aromatic carbocycles. The summed E-state index contributed by atoms with van der Waals surface area (Å²) in [6.45, 7) is 4.01. The Morgan fingerprint density at radius 1 is 1.83 bits per heavy atom. The molecule has 0 bridgehead atoms. The van der Waals surface area contributed by atoms with Crippen LogP contribution in [0.1, 0.15) is 10.4 Å². The van der Waals surface area contributed by atoms with Crippen LogP contribution in [0.15, 0.2) is 23.5 Å². The standard InChI is InChI=1S/C7H8BrN3O/c1-5(8)2-9-7(12)6-3-10-11-4-6/h3-4H,1-2H2,(H,9,12)(H,10,11). The van der Waals surface area contributed by atoms with E-state index in [2.05, 4.69) is 38.0 Å². The van der Waals surface area contributed by atoms with E-state index in [-0.39, 0.29) is 5.91 Å². The molecule has 0 aliphatic heterocycles. The number of aromatic nitrogens is 2. The smallest absolute Gasteiger partial charge is 0.254 e. The van der Waals surface area contributed by atoms with Gasteiger partial charge in [0.25, 0.3) is 5.91 Å². The average Bonchev–Trinajstić information content (AvgIpc) is 2.51. The molecule has 12 heavy (non-hydrogen) atoms. The number of hydrogen-bond acceptors (Lipinski definition) is 2. The first-order valence-corrected chi connectivity index (χ1v) is 4.09. The Morgan fingerprint density at radius 3 is 3.08 bits per heavy atom. The molecule has 4 nitrogen and oxygen atoms in total. The number of nitrogens with zero attached hydrogens (tertiary/aromatic N) is 1. The maximum atomic E-state index is 11.2. The molecule has 0 atom stereocenters. The molecule has 0 radical (unpaired) electrons. The summed E-state index contributed by atoms with van der Waals surface area (Å²) in [6, 6.07) is 0. The lowest BCUT2D eigenvalue weighted by atomic mass is 10.3. The molecule has 2 N–H and O–H groups in total. The van der Waals surface area contributed by atoms with Gasteiger partial charge in [-0.1, -0.05) is 22.5 Å². The maximum Gasteiger partial charge on any atom is 0.254 e. The highest BCUT2D eigenvalue weighted by Gasteiger charge is 2.04. The Morgan fingerprint density at radius 2 is 2.58 bits per heavy atom. The number of amides is 1. The minimum Gasteiger partial charge on any atom is -0.347 e. The van der Waals surface area contributed by atoms with Gasteiger partial charge in [0.1, 0.15) is 0 Å². The van der Waals surface area contributed by atoms with Crippen LogP contribution in [0.4, 0.5) is 0 Å². The molecule has 1 heterocycles. The van der Waals surface area contributed by atoms with Gasteiger partial charge in [-0.2, -0.15) is 5.10 Å². The van der Waals surface area contributed by atoms with Crippen molar-refractivity contribution in [1.29, 1.82) is 0 Å². The summed E-state index contributed by atoms with van der Waals surface area (Å²) in [6.07, 6.45) is 3.00. The topological polar surface area (TPSA) is 57.8 Å². The fourth-order valence-corrected chi connectivity index (χ4v) is 0.793. The zero-order valence-corrected chi connectivity index (χ0v) is 7.89. The highest BCUT2D eigenvalue weighted by Crippen LogP contribution is 1.98. The fraction of sp³-hybridized carbons (Fsp3) is 0.143. The van der Waals surface area contributed by atoms with E-state index in [9.17, 15) is 4.79 Å². The minimum atomic E-state index is -0.163. The third-order valence-electron chi connectivity index (χ3n) is 1.20.